The average molecular weight is 397 g/mol. The maximum atomic E-state index is 12.5. The van der Waals surface area contributed by atoms with Gasteiger partial charge in [-0.25, -0.2) is 9.78 Å². The second kappa shape index (κ2) is 7.90. The van der Waals surface area contributed by atoms with Crippen LogP contribution < -0.4 is 4.74 Å². The summed E-state index contributed by atoms with van der Waals surface area (Å²) in [7, 11) is 0. The number of ether oxygens (including phenoxy) is 2. The predicted octanol–water partition coefficient (Wildman–Crippen LogP) is 3.11. The zero-order chi connectivity index (χ0) is 18.7. The molecule has 0 bridgehead atoms. The Balaban J connectivity index is 1.70. The van der Waals surface area contributed by atoms with E-state index in [0.29, 0.717) is 22.9 Å². The van der Waals surface area contributed by atoms with Crippen LogP contribution in [0.2, 0.25) is 10.0 Å². The molecule has 1 aromatic heterocycles. The van der Waals surface area contributed by atoms with Crippen LogP contribution in [0, 0.1) is 0 Å². The number of benzene rings is 1. The first kappa shape index (κ1) is 18.4. The maximum absolute atomic E-state index is 12.5. The van der Waals surface area contributed by atoms with E-state index in [4.69, 9.17) is 37.8 Å². The van der Waals surface area contributed by atoms with Gasteiger partial charge in [0.1, 0.15) is 10.8 Å². The van der Waals surface area contributed by atoms with Gasteiger partial charge in [0.05, 0.1) is 23.7 Å². The van der Waals surface area contributed by atoms with Crippen molar-refractivity contribution in [1.29, 1.82) is 0 Å². The number of pyridine rings is 1. The fraction of sp³-hybridized carbons (Fsp3) is 0.235. The molecule has 136 valence electrons. The van der Waals surface area contributed by atoms with Crippen molar-refractivity contribution in [3.05, 3.63) is 52.1 Å². The highest BCUT2D eigenvalue weighted by Crippen LogP contribution is 2.34. The minimum absolute atomic E-state index is 0.00938. The third-order valence-electron chi connectivity index (χ3n) is 3.74. The van der Waals surface area contributed by atoms with Gasteiger partial charge >= 0.3 is 5.97 Å². The number of nitrogens with zero attached hydrogens (tertiary/aromatic N) is 2. The molecule has 1 aliphatic rings. The van der Waals surface area contributed by atoms with Crippen LogP contribution in [0.5, 0.6) is 11.6 Å². The maximum Gasteiger partial charge on any atom is 0.334 e. The fourth-order valence-electron chi connectivity index (χ4n) is 2.41. The zero-order valence-electron chi connectivity index (χ0n) is 13.4. The lowest BCUT2D eigenvalue weighted by molar-refractivity contribution is -0.154. The van der Waals surface area contributed by atoms with E-state index in [2.05, 4.69) is 4.98 Å². The van der Waals surface area contributed by atoms with Gasteiger partial charge in [-0.2, -0.15) is 0 Å². The minimum atomic E-state index is -1.09. The van der Waals surface area contributed by atoms with Crippen molar-refractivity contribution in [1.82, 2.24) is 9.88 Å². The molecule has 1 fully saturated rings. The molecule has 0 radical (unpaired) electrons. The first-order valence-corrected chi connectivity index (χ1v) is 8.43. The highest BCUT2D eigenvalue weighted by atomic mass is 35.5. The number of aliphatic carboxylic acids is 1. The van der Waals surface area contributed by atoms with E-state index in [1.54, 1.807) is 24.3 Å². The summed E-state index contributed by atoms with van der Waals surface area (Å²) in [6.45, 7) is 0.480. The standard InChI is InChI=1S/C17H14Cl2N2O5/c18-11-2-1-3-12(15(11)19)26-14-5-4-10(8-20-14)16(22)21-6-7-25-13(9-21)17(23)24/h1-5,8,13H,6-7,9H2,(H,23,24). The number of morpholine rings is 1. The molecule has 9 heteroatoms. The summed E-state index contributed by atoms with van der Waals surface area (Å²) in [6.07, 6.45) is 0.342. The molecule has 7 nitrogen and oxygen atoms in total. The minimum Gasteiger partial charge on any atom is -0.479 e. The molecule has 1 aromatic carbocycles. The highest BCUT2D eigenvalue weighted by molar-refractivity contribution is 6.42. The molecule has 26 heavy (non-hydrogen) atoms. The van der Waals surface area contributed by atoms with Crippen molar-refractivity contribution in [2.45, 2.75) is 6.10 Å². The summed E-state index contributed by atoms with van der Waals surface area (Å²) in [5.41, 5.74) is 0.320. The van der Waals surface area contributed by atoms with Gasteiger partial charge in [0.2, 0.25) is 5.88 Å². The third-order valence-corrected chi connectivity index (χ3v) is 4.54. The van der Waals surface area contributed by atoms with E-state index in [0.717, 1.165) is 0 Å². The van der Waals surface area contributed by atoms with Gasteiger partial charge in [0.25, 0.3) is 5.91 Å². The number of hydrogen-bond donors (Lipinski definition) is 1. The number of amides is 1. The summed E-state index contributed by atoms with van der Waals surface area (Å²) < 4.78 is 10.7. The van der Waals surface area contributed by atoms with Crippen LogP contribution in [0.15, 0.2) is 36.5 Å². The van der Waals surface area contributed by atoms with Crippen LogP contribution in [0.1, 0.15) is 10.4 Å². The number of aromatic nitrogens is 1. The first-order chi connectivity index (χ1) is 12.5. The first-order valence-electron chi connectivity index (χ1n) is 7.67. The Labute approximate surface area is 159 Å². The van der Waals surface area contributed by atoms with E-state index in [-0.39, 0.29) is 30.0 Å². The van der Waals surface area contributed by atoms with E-state index in [1.807, 2.05) is 0 Å². The fourth-order valence-corrected chi connectivity index (χ4v) is 2.74. The van der Waals surface area contributed by atoms with Gasteiger partial charge in [0.15, 0.2) is 6.10 Å². The molecule has 1 atom stereocenters. The van der Waals surface area contributed by atoms with Crippen LogP contribution in [0.4, 0.5) is 0 Å². The number of carboxylic acid groups (broad SMARTS) is 1. The van der Waals surface area contributed by atoms with Crippen molar-refractivity contribution < 1.29 is 24.2 Å². The van der Waals surface area contributed by atoms with Gasteiger partial charge in [0, 0.05) is 18.8 Å². The Bertz CT molecular complexity index is 828. The number of carbonyl (C=O) groups excluding carboxylic acids is 1. The van der Waals surface area contributed by atoms with Crippen LogP contribution in [0.3, 0.4) is 0 Å². The molecule has 1 aliphatic heterocycles. The van der Waals surface area contributed by atoms with Gasteiger partial charge in [-0.1, -0.05) is 29.3 Å². The SMILES string of the molecule is O=C(O)C1CN(C(=O)c2ccc(Oc3cccc(Cl)c3Cl)nc2)CCO1. The van der Waals surface area contributed by atoms with Crippen molar-refractivity contribution in [3.8, 4) is 11.6 Å². The Morgan fingerprint density at radius 3 is 2.77 bits per heavy atom. The topological polar surface area (TPSA) is 89.0 Å². The molecule has 2 aromatic rings. The van der Waals surface area contributed by atoms with E-state index < -0.39 is 12.1 Å². The van der Waals surface area contributed by atoms with Gasteiger partial charge in [-0.05, 0) is 18.2 Å². The van der Waals surface area contributed by atoms with E-state index in [1.165, 1.54) is 17.2 Å². The van der Waals surface area contributed by atoms with Crippen LogP contribution in [-0.2, 0) is 9.53 Å². The molecule has 3 rings (SSSR count). The lowest BCUT2D eigenvalue weighted by Crippen LogP contribution is -2.48. The van der Waals surface area contributed by atoms with Crippen molar-refractivity contribution in [2.24, 2.45) is 0 Å². The molecule has 0 spiro atoms. The Kier molecular flexibility index (Phi) is 5.61. The molecule has 1 unspecified atom stereocenters. The summed E-state index contributed by atoms with van der Waals surface area (Å²) in [6, 6.07) is 8.06. The zero-order valence-corrected chi connectivity index (χ0v) is 14.9. The van der Waals surface area contributed by atoms with E-state index >= 15 is 0 Å². The summed E-state index contributed by atoms with van der Waals surface area (Å²) in [5.74, 6) is -0.818. The normalized spacial score (nSPS) is 17.0. The van der Waals surface area contributed by atoms with Crippen LogP contribution in [0.25, 0.3) is 0 Å². The quantitative estimate of drug-likeness (QED) is 0.853. The van der Waals surface area contributed by atoms with E-state index in [9.17, 15) is 9.59 Å². The Morgan fingerprint density at radius 2 is 2.08 bits per heavy atom. The average Bonchev–Trinajstić information content (AvgIpc) is 2.65. The molecule has 1 N–H and O–H groups in total. The third kappa shape index (κ3) is 4.07. The van der Waals surface area contributed by atoms with Gasteiger partial charge < -0.3 is 19.5 Å². The van der Waals surface area contributed by atoms with Crippen LogP contribution in [-0.4, -0.2) is 52.7 Å². The molecule has 0 aliphatic carbocycles. The molecule has 0 saturated carbocycles. The highest BCUT2D eigenvalue weighted by Gasteiger charge is 2.29. The number of carbonyl (C=O) groups is 2. The molecule has 1 amide bonds. The monoisotopic (exact) mass is 396 g/mol. The molecule has 2 heterocycles. The van der Waals surface area contributed by atoms with Crippen LogP contribution >= 0.6 is 23.2 Å². The number of halogens is 2. The van der Waals surface area contributed by atoms with Crippen molar-refractivity contribution >= 4 is 35.1 Å². The lowest BCUT2D eigenvalue weighted by Gasteiger charge is -2.30. The largest absolute Gasteiger partial charge is 0.479 e. The predicted molar refractivity (Wildman–Crippen MR) is 94.1 cm³/mol. The van der Waals surface area contributed by atoms with Gasteiger partial charge in [-0.3, -0.25) is 4.79 Å². The second-order valence-electron chi connectivity index (χ2n) is 5.49. The smallest absolute Gasteiger partial charge is 0.334 e. The molecule has 1 saturated heterocycles. The van der Waals surface area contributed by atoms with Crippen molar-refractivity contribution in [2.75, 3.05) is 19.7 Å². The molecular weight excluding hydrogens is 383 g/mol. The Morgan fingerprint density at radius 1 is 1.27 bits per heavy atom. The number of hydrogen-bond acceptors (Lipinski definition) is 5. The second-order valence-corrected chi connectivity index (χ2v) is 6.27. The van der Waals surface area contributed by atoms with Crippen molar-refractivity contribution in [3.63, 3.8) is 0 Å². The number of carboxylic acids is 1. The van der Waals surface area contributed by atoms with Gasteiger partial charge in [-0.15, -0.1) is 0 Å². The lowest BCUT2D eigenvalue weighted by atomic mass is 10.2. The summed E-state index contributed by atoms with van der Waals surface area (Å²) in [5, 5.41) is 9.64. The molecular formula is C17H14Cl2N2O5. The summed E-state index contributed by atoms with van der Waals surface area (Å²) in [4.78, 5) is 29.0. The number of rotatable bonds is 4. The Hall–Kier alpha value is -2.35. The summed E-state index contributed by atoms with van der Waals surface area (Å²) >= 11 is 12.0.